The number of aromatic nitrogens is 1. The Bertz CT molecular complexity index is 322. The number of terminal acetylenes is 1. The summed E-state index contributed by atoms with van der Waals surface area (Å²) in [5.41, 5.74) is 0.919. The first-order valence-corrected chi connectivity index (χ1v) is 5.72. The van der Waals surface area contributed by atoms with Crippen molar-refractivity contribution < 1.29 is 0 Å². The first kappa shape index (κ1) is 11.2. The van der Waals surface area contributed by atoms with E-state index in [1.807, 2.05) is 6.07 Å². The maximum atomic E-state index is 5.90. The van der Waals surface area contributed by atoms with Crippen LogP contribution in [0.4, 0.5) is 5.69 Å². The highest BCUT2D eigenvalue weighted by molar-refractivity contribution is 7.99. The molecule has 2 nitrogen and oxygen atoms in total. The molecule has 0 aliphatic carbocycles. The van der Waals surface area contributed by atoms with E-state index in [2.05, 4.69) is 16.2 Å². The smallest absolute Gasteiger partial charge is 0.0820 e. The van der Waals surface area contributed by atoms with Gasteiger partial charge in [-0.15, -0.1) is 18.2 Å². The Kier molecular flexibility index (Phi) is 5.28. The van der Waals surface area contributed by atoms with E-state index in [4.69, 9.17) is 18.0 Å². The summed E-state index contributed by atoms with van der Waals surface area (Å²) in [6, 6.07) is 1.86. The molecule has 0 saturated heterocycles. The Morgan fingerprint density at radius 3 is 3.21 bits per heavy atom. The van der Waals surface area contributed by atoms with Crippen molar-refractivity contribution in [3.63, 3.8) is 0 Å². The minimum atomic E-state index is 0.648. The molecule has 0 aliphatic rings. The van der Waals surface area contributed by atoms with Crippen LogP contribution < -0.4 is 5.32 Å². The molecule has 1 aromatic rings. The summed E-state index contributed by atoms with van der Waals surface area (Å²) >= 11 is 7.62. The van der Waals surface area contributed by atoms with E-state index in [0.29, 0.717) is 5.02 Å². The van der Waals surface area contributed by atoms with Gasteiger partial charge in [0.05, 0.1) is 16.5 Å². The summed E-state index contributed by atoms with van der Waals surface area (Å²) in [6.45, 7) is 0.857. The molecule has 1 heterocycles. The van der Waals surface area contributed by atoms with Gasteiger partial charge in [0.1, 0.15) is 0 Å². The summed E-state index contributed by atoms with van der Waals surface area (Å²) < 4.78 is 0. The highest BCUT2D eigenvalue weighted by atomic mass is 35.5. The van der Waals surface area contributed by atoms with Crippen molar-refractivity contribution in [3.05, 3.63) is 23.5 Å². The lowest BCUT2D eigenvalue weighted by Crippen LogP contribution is -2.04. The number of pyridine rings is 1. The summed E-state index contributed by atoms with van der Waals surface area (Å²) in [5, 5.41) is 3.86. The minimum Gasteiger partial charge on any atom is -0.383 e. The van der Waals surface area contributed by atoms with E-state index in [1.54, 1.807) is 24.2 Å². The average molecular weight is 227 g/mol. The zero-order valence-electron chi connectivity index (χ0n) is 7.66. The largest absolute Gasteiger partial charge is 0.383 e. The topological polar surface area (TPSA) is 24.9 Å². The van der Waals surface area contributed by atoms with Gasteiger partial charge in [0, 0.05) is 24.7 Å². The molecule has 0 bridgehead atoms. The Morgan fingerprint density at radius 2 is 2.50 bits per heavy atom. The normalized spacial score (nSPS) is 9.43. The first-order valence-electron chi connectivity index (χ1n) is 4.19. The van der Waals surface area contributed by atoms with Crippen LogP contribution in [0.3, 0.4) is 0 Å². The summed E-state index contributed by atoms with van der Waals surface area (Å²) in [4.78, 5) is 3.90. The molecule has 1 N–H and O–H groups in total. The van der Waals surface area contributed by atoms with Gasteiger partial charge in [0.15, 0.2) is 0 Å². The maximum Gasteiger partial charge on any atom is 0.0820 e. The van der Waals surface area contributed by atoms with E-state index >= 15 is 0 Å². The third kappa shape index (κ3) is 3.91. The lowest BCUT2D eigenvalue weighted by Gasteiger charge is -2.06. The predicted molar refractivity (Wildman–Crippen MR) is 63.9 cm³/mol. The number of halogens is 1. The minimum absolute atomic E-state index is 0.648. The van der Waals surface area contributed by atoms with E-state index < -0.39 is 0 Å². The van der Waals surface area contributed by atoms with Gasteiger partial charge in [-0.05, 0) is 6.07 Å². The number of hydrogen-bond donors (Lipinski definition) is 1. The van der Waals surface area contributed by atoms with Gasteiger partial charge >= 0.3 is 0 Å². The fraction of sp³-hybridized carbons (Fsp3) is 0.300. The second kappa shape index (κ2) is 6.58. The van der Waals surface area contributed by atoms with Crippen LogP contribution in [0.1, 0.15) is 0 Å². The van der Waals surface area contributed by atoms with Gasteiger partial charge in [0.25, 0.3) is 0 Å². The Hall–Kier alpha value is -0.850. The molecule has 0 saturated carbocycles. The van der Waals surface area contributed by atoms with Crippen LogP contribution in [-0.4, -0.2) is 23.0 Å². The Balaban J connectivity index is 2.25. The number of hydrogen-bond acceptors (Lipinski definition) is 3. The molecular formula is C10H11ClN2S. The fourth-order valence-electron chi connectivity index (χ4n) is 0.908. The van der Waals surface area contributed by atoms with Crippen LogP contribution in [0, 0.1) is 12.3 Å². The van der Waals surface area contributed by atoms with Gasteiger partial charge in [-0.3, -0.25) is 4.98 Å². The number of thioether (sulfide) groups is 1. The SMILES string of the molecule is C#CCSCCNc1ccncc1Cl. The maximum absolute atomic E-state index is 5.90. The second-order valence-electron chi connectivity index (χ2n) is 2.54. The lowest BCUT2D eigenvalue weighted by atomic mass is 10.4. The van der Waals surface area contributed by atoms with Gasteiger partial charge in [-0.1, -0.05) is 17.5 Å². The van der Waals surface area contributed by atoms with Gasteiger partial charge in [0.2, 0.25) is 0 Å². The molecule has 0 aliphatic heterocycles. The van der Waals surface area contributed by atoms with Crippen LogP contribution in [0.5, 0.6) is 0 Å². The Morgan fingerprint density at radius 1 is 1.64 bits per heavy atom. The zero-order valence-corrected chi connectivity index (χ0v) is 9.24. The van der Waals surface area contributed by atoms with Crippen LogP contribution in [0.15, 0.2) is 18.5 Å². The number of rotatable bonds is 5. The van der Waals surface area contributed by atoms with Gasteiger partial charge in [-0.2, -0.15) is 0 Å². The third-order valence-electron chi connectivity index (χ3n) is 1.52. The first-order chi connectivity index (χ1) is 6.84. The third-order valence-corrected chi connectivity index (χ3v) is 2.68. The molecule has 0 unspecified atom stereocenters. The van der Waals surface area contributed by atoms with E-state index in [1.165, 1.54) is 0 Å². The molecule has 0 spiro atoms. The van der Waals surface area contributed by atoms with Crippen LogP contribution in [0.25, 0.3) is 0 Å². The van der Waals surface area contributed by atoms with Crippen molar-refractivity contribution in [2.45, 2.75) is 0 Å². The molecule has 14 heavy (non-hydrogen) atoms. The lowest BCUT2D eigenvalue weighted by molar-refractivity contribution is 1.21. The van der Waals surface area contributed by atoms with Gasteiger partial charge < -0.3 is 5.32 Å². The molecular weight excluding hydrogens is 216 g/mol. The van der Waals surface area contributed by atoms with Crippen LogP contribution in [-0.2, 0) is 0 Å². The highest BCUT2D eigenvalue weighted by Gasteiger charge is 1.96. The summed E-state index contributed by atoms with van der Waals surface area (Å²) in [5.74, 6) is 4.31. The quantitative estimate of drug-likeness (QED) is 0.617. The highest BCUT2D eigenvalue weighted by Crippen LogP contribution is 2.18. The number of anilines is 1. The van der Waals surface area contributed by atoms with Crippen molar-refractivity contribution >= 4 is 29.1 Å². The van der Waals surface area contributed by atoms with E-state index in [-0.39, 0.29) is 0 Å². The fourth-order valence-corrected chi connectivity index (χ4v) is 1.60. The van der Waals surface area contributed by atoms with Crippen molar-refractivity contribution in [1.29, 1.82) is 0 Å². The zero-order chi connectivity index (χ0) is 10.2. The van der Waals surface area contributed by atoms with Crippen molar-refractivity contribution in [2.75, 3.05) is 23.4 Å². The van der Waals surface area contributed by atoms with E-state index in [0.717, 1.165) is 23.7 Å². The molecule has 0 fully saturated rings. The molecule has 74 valence electrons. The molecule has 1 rings (SSSR count). The second-order valence-corrected chi connectivity index (χ2v) is 4.05. The standard InChI is InChI=1S/C10H11ClN2S/c1-2-6-14-7-5-13-10-3-4-12-8-9(10)11/h1,3-4,8H,5-7H2,(H,12,13). The van der Waals surface area contributed by atoms with Crippen LogP contribution >= 0.6 is 23.4 Å². The van der Waals surface area contributed by atoms with Crippen molar-refractivity contribution in [1.82, 2.24) is 4.98 Å². The summed E-state index contributed by atoms with van der Waals surface area (Å²) in [7, 11) is 0. The number of nitrogens with one attached hydrogen (secondary N) is 1. The molecule has 1 aromatic heterocycles. The monoisotopic (exact) mass is 226 g/mol. The molecule has 0 aromatic carbocycles. The molecule has 0 atom stereocenters. The van der Waals surface area contributed by atoms with Gasteiger partial charge in [-0.25, -0.2) is 0 Å². The van der Waals surface area contributed by atoms with E-state index in [9.17, 15) is 0 Å². The molecule has 0 radical (unpaired) electrons. The Labute approximate surface area is 93.5 Å². The van der Waals surface area contributed by atoms with Crippen molar-refractivity contribution in [3.8, 4) is 12.3 Å². The van der Waals surface area contributed by atoms with Crippen molar-refractivity contribution in [2.24, 2.45) is 0 Å². The van der Waals surface area contributed by atoms with Crippen LogP contribution in [0.2, 0.25) is 5.02 Å². The average Bonchev–Trinajstić information content (AvgIpc) is 2.20. The molecule has 0 amide bonds. The summed E-state index contributed by atoms with van der Waals surface area (Å²) in [6.07, 6.45) is 8.46. The predicted octanol–water partition coefficient (Wildman–Crippen LogP) is 2.51. The number of nitrogens with zero attached hydrogens (tertiary/aromatic N) is 1. The molecule has 4 heteroatoms.